The standard InChI is InChI=1S/C15H11N5OS/c1(4-11-5-2-8-16-10-11)7-13-19-20-14(12-6-3-9-21-12)17-18-15(20)22-13/h1-6,8-10H,7H2/b4-1+. The molecule has 0 bridgehead atoms. The van der Waals surface area contributed by atoms with Gasteiger partial charge in [0.1, 0.15) is 5.01 Å². The molecule has 0 fully saturated rings. The summed E-state index contributed by atoms with van der Waals surface area (Å²) in [6.45, 7) is 0. The van der Waals surface area contributed by atoms with E-state index in [1.807, 2.05) is 36.5 Å². The lowest BCUT2D eigenvalue weighted by Crippen LogP contribution is -1.90. The molecule has 0 atom stereocenters. The highest BCUT2D eigenvalue weighted by atomic mass is 32.1. The van der Waals surface area contributed by atoms with E-state index < -0.39 is 0 Å². The molecule has 0 amide bonds. The van der Waals surface area contributed by atoms with Gasteiger partial charge >= 0.3 is 0 Å². The summed E-state index contributed by atoms with van der Waals surface area (Å²) in [5.74, 6) is 1.29. The summed E-state index contributed by atoms with van der Waals surface area (Å²) in [4.78, 5) is 4.84. The molecule has 0 unspecified atom stereocenters. The summed E-state index contributed by atoms with van der Waals surface area (Å²) >= 11 is 1.52. The molecule has 0 spiro atoms. The van der Waals surface area contributed by atoms with Crippen molar-refractivity contribution in [3.63, 3.8) is 0 Å². The number of furan rings is 1. The van der Waals surface area contributed by atoms with Crippen LogP contribution >= 0.6 is 11.3 Å². The predicted molar refractivity (Wildman–Crippen MR) is 83.3 cm³/mol. The highest BCUT2D eigenvalue weighted by Gasteiger charge is 2.14. The molecule has 22 heavy (non-hydrogen) atoms. The van der Waals surface area contributed by atoms with Gasteiger partial charge in [0, 0.05) is 18.8 Å². The number of nitrogens with zero attached hydrogens (tertiary/aromatic N) is 5. The average molecular weight is 309 g/mol. The van der Waals surface area contributed by atoms with Crippen molar-refractivity contribution in [3.05, 3.63) is 59.6 Å². The van der Waals surface area contributed by atoms with Gasteiger partial charge in [-0.1, -0.05) is 29.6 Å². The van der Waals surface area contributed by atoms with E-state index in [9.17, 15) is 0 Å². The number of fused-ring (bicyclic) bond motifs is 1. The second-order valence-electron chi connectivity index (χ2n) is 4.58. The number of hydrogen-bond donors (Lipinski definition) is 0. The van der Waals surface area contributed by atoms with E-state index in [-0.39, 0.29) is 0 Å². The SMILES string of the molecule is C(=C\c1cccnc1)/Cc1nn2c(-c3ccco3)nnc2s1. The fourth-order valence-electron chi connectivity index (χ4n) is 2.07. The van der Waals surface area contributed by atoms with Crippen molar-refractivity contribution < 1.29 is 4.42 Å². The predicted octanol–water partition coefficient (Wildman–Crippen LogP) is 3.10. The fourth-order valence-corrected chi connectivity index (χ4v) is 2.88. The first kappa shape index (κ1) is 12.9. The Morgan fingerprint density at radius 3 is 3.05 bits per heavy atom. The molecular weight excluding hydrogens is 298 g/mol. The number of allylic oxidation sites excluding steroid dienone is 1. The molecule has 0 saturated carbocycles. The maximum absolute atomic E-state index is 5.35. The lowest BCUT2D eigenvalue weighted by Gasteiger charge is -1.91. The zero-order chi connectivity index (χ0) is 14.8. The molecule has 108 valence electrons. The monoisotopic (exact) mass is 309 g/mol. The Hall–Kier alpha value is -2.80. The Morgan fingerprint density at radius 1 is 1.23 bits per heavy atom. The molecular formula is C15H11N5OS. The molecule has 0 radical (unpaired) electrons. The van der Waals surface area contributed by atoms with Gasteiger partial charge in [-0.05, 0) is 23.8 Å². The lowest BCUT2D eigenvalue weighted by atomic mass is 10.2. The molecule has 0 aliphatic carbocycles. The van der Waals surface area contributed by atoms with Gasteiger partial charge in [-0.25, -0.2) is 0 Å². The zero-order valence-corrected chi connectivity index (χ0v) is 12.3. The van der Waals surface area contributed by atoms with Crippen LogP contribution in [0.1, 0.15) is 10.6 Å². The average Bonchev–Trinajstić information content (AvgIpc) is 3.24. The van der Waals surface area contributed by atoms with Crippen molar-refractivity contribution in [2.45, 2.75) is 6.42 Å². The smallest absolute Gasteiger partial charge is 0.235 e. The summed E-state index contributed by atoms with van der Waals surface area (Å²) in [7, 11) is 0. The number of hydrogen-bond acceptors (Lipinski definition) is 6. The minimum absolute atomic E-state index is 0.624. The van der Waals surface area contributed by atoms with Crippen LogP contribution in [0, 0.1) is 0 Å². The van der Waals surface area contributed by atoms with Crippen LogP contribution in [-0.4, -0.2) is 24.8 Å². The summed E-state index contributed by atoms with van der Waals surface area (Å²) in [6, 6.07) is 7.59. The molecule has 0 saturated heterocycles. The third-order valence-electron chi connectivity index (χ3n) is 3.06. The van der Waals surface area contributed by atoms with E-state index >= 15 is 0 Å². The molecule has 4 aromatic rings. The van der Waals surface area contributed by atoms with Crippen molar-refractivity contribution in [3.8, 4) is 11.6 Å². The normalized spacial score (nSPS) is 11.6. The van der Waals surface area contributed by atoms with Gasteiger partial charge in [-0.15, -0.1) is 10.2 Å². The highest BCUT2D eigenvalue weighted by Crippen LogP contribution is 2.22. The molecule has 4 aromatic heterocycles. The van der Waals surface area contributed by atoms with Gasteiger partial charge in [-0.2, -0.15) is 9.61 Å². The van der Waals surface area contributed by atoms with E-state index in [4.69, 9.17) is 4.42 Å². The Labute approximate surface area is 129 Å². The van der Waals surface area contributed by atoms with Gasteiger partial charge in [0.2, 0.25) is 10.8 Å². The van der Waals surface area contributed by atoms with Crippen LogP contribution < -0.4 is 0 Å². The Morgan fingerprint density at radius 2 is 2.23 bits per heavy atom. The quantitative estimate of drug-likeness (QED) is 0.579. The summed E-state index contributed by atoms with van der Waals surface area (Å²) in [5.41, 5.74) is 1.07. The summed E-state index contributed by atoms with van der Waals surface area (Å²) < 4.78 is 7.07. The number of aromatic nitrogens is 5. The van der Waals surface area contributed by atoms with E-state index in [0.29, 0.717) is 11.6 Å². The minimum atomic E-state index is 0.624. The van der Waals surface area contributed by atoms with Crippen molar-refractivity contribution >= 4 is 22.4 Å². The van der Waals surface area contributed by atoms with E-state index in [1.54, 1.807) is 17.0 Å². The second kappa shape index (κ2) is 5.53. The first-order valence-electron chi connectivity index (χ1n) is 6.72. The van der Waals surface area contributed by atoms with Crippen LogP contribution in [0.4, 0.5) is 0 Å². The van der Waals surface area contributed by atoms with E-state index in [1.165, 1.54) is 11.3 Å². The topological polar surface area (TPSA) is 69.1 Å². The molecule has 6 nitrogen and oxygen atoms in total. The largest absolute Gasteiger partial charge is 0.461 e. The van der Waals surface area contributed by atoms with Gasteiger partial charge < -0.3 is 4.42 Å². The molecule has 7 heteroatoms. The van der Waals surface area contributed by atoms with Gasteiger partial charge in [0.15, 0.2) is 5.76 Å². The maximum Gasteiger partial charge on any atom is 0.235 e. The first-order chi connectivity index (χ1) is 10.9. The maximum atomic E-state index is 5.35. The van der Waals surface area contributed by atoms with E-state index in [0.717, 1.165) is 22.0 Å². The lowest BCUT2D eigenvalue weighted by molar-refractivity contribution is 0.574. The van der Waals surface area contributed by atoms with Crippen LogP contribution in [0.5, 0.6) is 0 Å². The third-order valence-corrected chi connectivity index (χ3v) is 3.98. The Bertz CT molecular complexity index is 908. The molecule has 4 rings (SSSR count). The Balaban J connectivity index is 1.57. The van der Waals surface area contributed by atoms with Gasteiger partial charge in [0.25, 0.3) is 0 Å². The molecule has 4 heterocycles. The van der Waals surface area contributed by atoms with Gasteiger partial charge in [0.05, 0.1) is 6.26 Å². The van der Waals surface area contributed by atoms with Crippen molar-refractivity contribution in [1.82, 2.24) is 24.8 Å². The molecule has 0 aromatic carbocycles. The van der Waals surface area contributed by atoms with Crippen LogP contribution in [-0.2, 0) is 6.42 Å². The van der Waals surface area contributed by atoms with Crippen molar-refractivity contribution in [1.29, 1.82) is 0 Å². The van der Waals surface area contributed by atoms with Crippen molar-refractivity contribution in [2.24, 2.45) is 0 Å². The summed E-state index contributed by atoms with van der Waals surface area (Å²) in [5, 5.41) is 13.8. The first-order valence-corrected chi connectivity index (χ1v) is 7.53. The molecule has 0 aliphatic heterocycles. The fraction of sp³-hybridized carbons (Fsp3) is 0.0667. The Kier molecular flexibility index (Phi) is 3.24. The second-order valence-corrected chi connectivity index (χ2v) is 5.62. The van der Waals surface area contributed by atoms with Crippen molar-refractivity contribution in [2.75, 3.05) is 0 Å². The zero-order valence-electron chi connectivity index (χ0n) is 11.5. The van der Waals surface area contributed by atoms with Crippen LogP contribution in [0.15, 0.2) is 53.4 Å². The third kappa shape index (κ3) is 2.42. The highest BCUT2D eigenvalue weighted by molar-refractivity contribution is 7.16. The van der Waals surface area contributed by atoms with Crippen LogP contribution in [0.2, 0.25) is 0 Å². The number of pyridine rings is 1. The molecule has 0 aliphatic rings. The van der Waals surface area contributed by atoms with Gasteiger partial charge in [-0.3, -0.25) is 4.98 Å². The molecule has 0 N–H and O–H groups in total. The van der Waals surface area contributed by atoms with Crippen LogP contribution in [0.25, 0.3) is 22.6 Å². The summed E-state index contributed by atoms with van der Waals surface area (Å²) in [6.07, 6.45) is 10.0. The minimum Gasteiger partial charge on any atom is -0.461 e. The van der Waals surface area contributed by atoms with E-state index in [2.05, 4.69) is 26.4 Å². The number of rotatable bonds is 4. The van der Waals surface area contributed by atoms with Crippen LogP contribution in [0.3, 0.4) is 0 Å².